The molecule has 0 radical (unpaired) electrons. The van der Waals surface area contributed by atoms with Crippen LogP contribution in [0.25, 0.3) is 0 Å². The van der Waals surface area contributed by atoms with Crippen molar-refractivity contribution < 1.29 is 4.79 Å². The third-order valence-corrected chi connectivity index (χ3v) is 3.54. The van der Waals surface area contributed by atoms with Crippen LogP contribution in [0.5, 0.6) is 0 Å². The van der Waals surface area contributed by atoms with E-state index < -0.39 is 0 Å². The molecule has 3 nitrogen and oxygen atoms in total. The van der Waals surface area contributed by atoms with E-state index in [4.69, 9.17) is 0 Å². The molecule has 0 atom stereocenters. The maximum atomic E-state index is 11.8. The van der Waals surface area contributed by atoms with Crippen LogP contribution in [0.1, 0.15) is 32.3 Å². The zero-order valence-corrected chi connectivity index (χ0v) is 11.3. The summed E-state index contributed by atoms with van der Waals surface area (Å²) in [4.78, 5) is 14.3. The van der Waals surface area contributed by atoms with Crippen molar-refractivity contribution in [2.24, 2.45) is 0 Å². The molecular formula is C15H22N2O. The molecule has 0 unspecified atom stereocenters. The maximum absolute atomic E-state index is 11.8. The van der Waals surface area contributed by atoms with Crippen LogP contribution in [0.3, 0.4) is 0 Å². The minimum atomic E-state index is 0.132. The summed E-state index contributed by atoms with van der Waals surface area (Å²) in [6, 6.07) is 8.66. The average molecular weight is 246 g/mol. The zero-order valence-electron chi connectivity index (χ0n) is 11.3. The Labute approximate surface area is 109 Å². The highest BCUT2D eigenvalue weighted by Gasteiger charge is 2.14. The molecule has 1 amide bonds. The number of para-hydroxylation sites is 1. The molecule has 1 aromatic carbocycles. The fourth-order valence-corrected chi connectivity index (χ4v) is 2.41. The van der Waals surface area contributed by atoms with E-state index in [1.807, 2.05) is 18.2 Å². The summed E-state index contributed by atoms with van der Waals surface area (Å²) in [7, 11) is 0. The Morgan fingerprint density at radius 3 is 2.72 bits per heavy atom. The number of carbonyl (C=O) groups excluding carboxylic acids is 1. The fourth-order valence-electron chi connectivity index (χ4n) is 2.41. The van der Waals surface area contributed by atoms with Crippen molar-refractivity contribution in [3.63, 3.8) is 0 Å². The Kier molecular flexibility index (Phi) is 4.37. The molecule has 0 spiro atoms. The van der Waals surface area contributed by atoms with Gasteiger partial charge < -0.3 is 10.2 Å². The lowest BCUT2D eigenvalue weighted by molar-refractivity contribution is -0.116. The molecule has 1 heterocycles. The van der Waals surface area contributed by atoms with Gasteiger partial charge in [-0.05, 0) is 44.9 Å². The Balaban J connectivity index is 2.18. The summed E-state index contributed by atoms with van der Waals surface area (Å²) < 4.78 is 0. The second-order valence-corrected chi connectivity index (χ2v) is 5.19. The number of carbonyl (C=O) groups is 1. The van der Waals surface area contributed by atoms with E-state index in [2.05, 4.69) is 30.1 Å². The molecule has 1 N–H and O–H groups in total. The lowest BCUT2D eigenvalue weighted by Gasteiger charge is -2.27. The van der Waals surface area contributed by atoms with Crippen LogP contribution < -0.4 is 5.32 Å². The van der Waals surface area contributed by atoms with E-state index >= 15 is 0 Å². The van der Waals surface area contributed by atoms with Crippen LogP contribution in [0.2, 0.25) is 0 Å². The zero-order chi connectivity index (χ0) is 13.0. The minimum Gasteiger partial charge on any atom is -0.326 e. The van der Waals surface area contributed by atoms with E-state index in [1.54, 1.807) is 0 Å². The summed E-state index contributed by atoms with van der Waals surface area (Å²) in [5, 5.41) is 3.02. The SMILES string of the molecule is CC(C)N1CCCC(=O)Nc2ccccc2CC1. The van der Waals surface area contributed by atoms with Crippen molar-refractivity contribution >= 4 is 11.6 Å². The van der Waals surface area contributed by atoms with Crippen molar-refractivity contribution in [3.05, 3.63) is 29.8 Å². The van der Waals surface area contributed by atoms with Gasteiger partial charge in [0.05, 0.1) is 0 Å². The highest BCUT2D eigenvalue weighted by molar-refractivity contribution is 5.91. The molecule has 0 bridgehead atoms. The molecular weight excluding hydrogens is 224 g/mol. The molecule has 1 aliphatic heterocycles. The van der Waals surface area contributed by atoms with Gasteiger partial charge in [-0.25, -0.2) is 0 Å². The highest BCUT2D eigenvalue weighted by Crippen LogP contribution is 2.18. The molecule has 0 fully saturated rings. The van der Waals surface area contributed by atoms with Crippen LogP contribution in [0, 0.1) is 0 Å². The summed E-state index contributed by atoms with van der Waals surface area (Å²) in [5.74, 6) is 0.132. The first kappa shape index (κ1) is 13.1. The molecule has 1 aromatic rings. The quantitative estimate of drug-likeness (QED) is 0.826. The van der Waals surface area contributed by atoms with Gasteiger partial charge in [-0.1, -0.05) is 18.2 Å². The standard InChI is InChI=1S/C15H22N2O/c1-12(2)17-10-5-8-15(18)16-14-7-4-3-6-13(14)9-11-17/h3-4,6-7,12H,5,8-11H2,1-2H3,(H,16,18). The van der Waals surface area contributed by atoms with E-state index in [9.17, 15) is 4.79 Å². The minimum absolute atomic E-state index is 0.132. The number of benzene rings is 1. The largest absolute Gasteiger partial charge is 0.326 e. The number of rotatable bonds is 1. The molecule has 3 heteroatoms. The van der Waals surface area contributed by atoms with E-state index in [-0.39, 0.29) is 5.91 Å². The van der Waals surface area contributed by atoms with Crippen LogP contribution >= 0.6 is 0 Å². The van der Waals surface area contributed by atoms with E-state index in [0.717, 1.165) is 31.6 Å². The van der Waals surface area contributed by atoms with Crippen molar-refractivity contribution in [2.45, 2.75) is 39.2 Å². The first-order valence-corrected chi connectivity index (χ1v) is 6.78. The van der Waals surface area contributed by atoms with Gasteiger partial charge >= 0.3 is 0 Å². The maximum Gasteiger partial charge on any atom is 0.224 e. The lowest BCUT2D eigenvalue weighted by atomic mass is 10.1. The fraction of sp³-hybridized carbons (Fsp3) is 0.533. The number of nitrogens with one attached hydrogen (secondary N) is 1. The van der Waals surface area contributed by atoms with Gasteiger partial charge in [-0.3, -0.25) is 4.79 Å². The van der Waals surface area contributed by atoms with Gasteiger partial charge in [0.1, 0.15) is 0 Å². The van der Waals surface area contributed by atoms with Gasteiger partial charge in [0.25, 0.3) is 0 Å². The smallest absolute Gasteiger partial charge is 0.224 e. The van der Waals surface area contributed by atoms with Gasteiger partial charge in [0.2, 0.25) is 5.91 Å². The van der Waals surface area contributed by atoms with Gasteiger partial charge in [-0.15, -0.1) is 0 Å². The third-order valence-electron chi connectivity index (χ3n) is 3.54. The molecule has 0 aromatic heterocycles. The second-order valence-electron chi connectivity index (χ2n) is 5.19. The monoisotopic (exact) mass is 246 g/mol. The van der Waals surface area contributed by atoms with Crippen molar-refractivity contribution in [1.82, 2.24) is 4.90 Å². The van der Waals surface area contributed by atoms with Crippen LogP contribution in [-0.4, -0.2) is 29.9 Å². The molecule has 0 aliphatic carbocycles. The summed E-state index contributed by atoms with van der Waals surface area (Å²) in [6.45, 7) is 6.51. The molecule has 2 rings (SSSR count). The van der Waals surface area contributed by atoms with Gasteiger partial charge in [0.15, 0.2) is 0 Å². The molecule has 18 heavy (non-hydrogen) atoms. The van der Waals surface area contributed by atoms with Crippen LogP contribution in [0.4, 0.5) is 5.69 Å². The van der Waals surface area contributed by atoms with Crippen LogP contribution in [0.15, 0.2) is 24.3 Å². The van der Waals surface area contributed by atoms with Crippen molar-refractivity contribution in [2.75, 3.05) is 18.4 Å². The lowest BCUT2D eigenvalue weighted by Crippen LogP contribution is -2.35. The summed E-state index contributed by atoms with van der Waals surface area (Å²) >= 11 is 0. The Bertz CT molecular complexity index is 415. The normalized spacial score (nSPS) is 18.3. The van der Waals surface area contributed by atoms with Crippen molar-refractivity contribution in [3.8, 4) is 0 Å². The number of amides is 1. The Morgan fingerprint density at radius 1 is 1.17 bits per heavy atom. The third kappa shape index (κ3) is 3.33. The molecule has 1 aliphatic rings. The predicted molar refractivity (Wildman–Crippen MR) is 74.7 cm³/mol. The van der Waals surface area contributed by atoms with E-state index in [1.165, 1.54) is 5.56 Å². The number of anilines is 1. The van der Waals surface area contributed by atoms with Gasteiger partial charge in [0, 0.05) is 24.7 Å². The van der Waals surface area contributed by atoms with Crippen molar-refractivity contribution in [1.29, 1.82) is 0 Å². The Morgan fingerprint density at radius 2 is 1.94 bits per heavy atom. The summed E-state index contributed by atoms with van der Waals surface area (Å²) in [5.41, 5.74) is 2.21. The highest BCUT2D eigenvalue weighted by atomic mass is 16.1. The van der Waals surface area contributed by atoms with Gasteiger partial charge in [-0.2, -0.15) is 0 Å². The molecule has 0 saturated heterocycles. The summed E-state index contributed by atoms with van der Waals surface area (Å²) in [6.07, 6.45) is 2.54. The number of hydrogen-bond acceptors (Lipinski definition) is 2. The second kappa shape index (κ2) is 6.01. The topological polar surface area (TPSA) is 32.3 Å². The van der Waals surface area contributed by atoms with E-state index in [0.29, 0.717) is 12.5 Å². The average Bonchev–Trinajstić information content (AvgIpc) is 2.35. The first-order valence-electron chi connectivity index (χ1n) is 6.78. The number of hydrogen-bond donors (Lipinski definition) is 1. The Hall–Kier alpha value is -1.35. The molecule has 98 valence electrons. The van der Waals surface area contributed by atoms with Crippen LogP contribution in [-0.2, 0) is 11.2 Å². The molecule has 0 saturated carbocycles. The number of nitrogens with zero attached hydrogens (tertiary/aromatic N) is 1. The number of fused-ring (bicyclic) bond motifs is 1. The predicted octanol–water partition coefficient (Wildman–Crippen LogP) is 2.67. The first-order chi connectivity index (χ1) is 8.66.